The number of allylic oxidation sites excluding steroid dienone is 1. The zero-order valence-corrected chi connectivity index (χ0v) is 10.8. The fourth-order valence-electron chi connectivity index (χ4n) is 2.07. The van der Waals surface area contributed by atoms with Crippen LogP contribution in [0.15, 0.2) is 30.4 Å². The number of amides is 2. The number of anilines is 1. The third-order valence-corrected chi connectivity index (χ3v) is 3.09. The summed E-state index contributed by atoms with van der Waals surface area (Å²) in [6.07, 6.45) is 6.75. The third-order valence-electron chi connectivity index (χ3n) is 3.09. The zero-order chi connectivity index (χ0) is 14.5. The molecule has 0 aliphatic heterocycles. The quantitative estimate of drug-likeness (QED) is 0.637. The lowest BCUT2D eigenvalue weighted by Crippen LogP contribution is -2.38. The summed E-state index contributed by atoms with van der Waals surface area (Å²) in [5.74, 6) is -1.59. The molecule has 0 radical (unpaired) electrons. The van der Waals surface area contributed by atoms with Crippen molar-refractivity contribution in [2.75, 3.05) is 5.32 Å². The largest absolute Gasteiger partial charge is 0.507 e. The predicted molar refractivity (Wildman–Crippen MR) is 74.0 cm³/mol. The maximum Gasteiger partial charge on any atom is 0.339 e. The van der Waals surface area contributed by atoms with Gasteiger partial charge < -0.3 is 20.8 Å². The lowest BCUT2D eigenvalue weighted by atomic mass is 10.0. The van der Waals surface area contributed by atoms with E-state index in [0.29, 0.717) is 5.69 Å². The van der Waals surface area contributed by atoms with Gasteiger partial charge in [0, 0.05) is 17.8 Å². The molecule has 0 heterocycles. The van der Waals surface area contributed by atoms with Gasteiger partial charge in [0.25, 0.3) is 0 Å². The number of aromatic hydroxyl groups is 1. The number of benzene rings is 1. The van der Waals surface area contributed by atoms with Gasteiger partial charge >= 0.3 is 12.0 Å². The van der Waals surface area contributed by atoms with Crippen molar-refractivity contribution >= 4 is 17.7 Å². The number of rotatable bonds is 3. The fourth-order valence-corrected chi connectivity index (χ4v) is 2.07. The van der Waals surface area contributed by atoms with Crippen molar-refractivity contribution in [1.82, 2.24) is 5.32 Å². The first-order valence-corrected chi connectivity index (χ1v) is 6.35. The summed E-state index contributed by atoms with van der Waals surface area (Å²) in [4.78, 5) is 22.5. The van der Waals surface area contributed by atoms with E-state index >= 15 is 0 Å². The maximum absolute atomic E-state index is 11.8. The highest BCUT2D eigenvalue weighted by Gasteiger charge is 2.14. The number of aromatic carboxylic acids is 1. The Bertz CT molecular complexity index is 554. The van der Waals surface area contributed by atoms with Gasteiger partial charge in [-0.05, 0) is 31.4 Å². The van der Waals surface area contributed by atoms with E-state index in [9.17, 15) is 14.7 Å². The molecule has 4 N–H and O–H groups in total. The highest BCUT2D eigenvalue weighted by molar-refractivity contribution is 5.94. The summed E-state index contributed by atoms with van der Waals surface area (Å²) in [5, 5.41) is 23.7. The molecule has 0 fully saturated rings. The molecule has 2 rings (SSSR count). The average molecular weight is 276 g/mol. The molecule has 1 aromatic carbocycles. The van der Waals surface area contributed by atoms with Gasteiger partial charge in [0.15, 0.2) is 0 Å². The minimum atomic E-state index is -1.22. The molecule has 0 spiro atoms. The molecule has 6 nitrogen and oxygen atoms in total. The Morgan fingerprint density at radius 1 is 1.25 bits per heavy atom. The van der Waals surface area contributed by atoms with E-state index < -0.39 is 5.97 Å². The molecule has 0 aromatic heterocycles. The molecular weight excluding hydrogens is 260 g/mol. The SMILES string of the molecule is O=C(Nc1ccc(C(=O)O)c(O)c1)NC1CC=CCC1. The summed E-state index contributed by atoms with van der Waals surface area (Å²) in [7, 11) is 0. The van der Waals surface area contributed by atoms with Gasteiger partial charge in [-0.25, -0.2) is 9.59 Å². The van der Waals surface area contributed by atoms with Crippen LogP contribution in [-0.2, 0) is 0 Å². The first kappa shape index (κ1) is 13.9. The minimum Gasteiger partial charge on any atom is -0.507 e. The molecular formula is C14H16N2O4. The molecule has 106 valence electrons. The first-order valence-electron chi connectivity index (χ1n) is 6.35. The molecule has 6 heteroatoms. The van der Waals surface area contributed by atoms with Gasteiger partial charge in [-0.1, -0.05) is 12.2 Å². The topological polar surface area (TPSA) is 98.7 Å². The molecule has 20 heavy (non-hydrogen) atoms. The van der Waals surface area contributed by atoms with E-state index in [4.69, 9.17) is 5.11 Å². The average Bonchev–Trinajstić information content (AvgIpc) is 2.39. The molecule has 1 unspecified atom stereocenters. The Balaban J connectivity index is 1.95. The number of hydrogen-bond acceptors (Lipinski definition) is 3. The Morgan fingerprint density at radius 2 is 2.05 bits per heavy atom. The molecule has 0 saturated carbocycles. The summed E-state index contributed by atoms with van der Waals surface area (Å²) in [6.45, 7) is 0. The summed E-state index contributed by atoms with van der Waals surface area (Å²) in [5.41, 5.74) is 0.143. The van der Waals surface area contributed by atoms with Crippen LogP contribution in [-0.4, -0.2) is 28.3 Å². The van der Waals surface area contributed by atoms with Crippen LogP contribution in [0.4, 0.5) is 10.5 Å². The van der Waals surface area contributed by atoms with E-state index in [1.807, 2.05) is 6.08 Å². The highest BCUT2D eigenvalue weighted by Crippen LogP contribution is 2.22. The Morgan fingerprint density at radius 3 is 2.65 bits per heavy atom. The summed E-state index contributed by atoms with van der Waals surface area (Å²) in [6, 6.07) is 3.63. The highest BCUT2D eigenvalue weighted by atomic mass is 16.4. The van der Waals surface area contributed by atoms with E-state index in [1.165, 1.54) is 18.2 Å². The van der Waals surface area contributed by atoms with Gasteiger partial charge in [-0.15, -0.1) is 0 Å². The second kappa shape index (κ2) is 6.10. The van der Waals surface area contributed by atoms with Crippen LogP contribution in [0.2, 0.25) is 0 Å². The number of hydrogen-bond donors (Lipinski definition) is 4. The number of carbonyl (C=O) groups excluding carboxylic acids is 1. The van der Waals surface area contributed by atoms with Gasteiger partial charge in [0.1, 0.15) is 11.3 Å². The van der Waals surface area contributed by atoms with Crippen molar-refractivity contribution in [3.8, 4) is 5.75 Å². The molecule has 1 aliphatic carbocycles. The van der Waals surface area contributed by atoms with E-state index in [-0.39, 0.29) is 23.4 Å². The van der Waals surface area contributed by atoms with Crippen molar-refractivity contribution in [3.63, 3.8) is 0 Å². The number of nitrogens with one attached hydrogen (secondary N) is 2. The lowest BCUT2D eigenvalue weighted by molar-refractivity contribution is 0.0694. The zero-order valence-electron chi connectivity index (χ0n) is 10.8. The van der Waals surface area contributed by atoms with E-state index in [1.54, 1.807) is 0 Å². The maximum atomic E-state index is 11.8. The van der Waals surface area contributed by atoms with Crippen LogP contribution in [0, 0.1) is 0 Å². The van der Waals surface area contributed by atoms with Crippen molar-refractivity contribution in [1.29, 1.82) is 0 Å². The van der Waals surface area contributed by atoms with E-state index in [2.05, 4.69) is 16.7 Å². The van der Waals surface area contributed by atoms with Crippen LogP contribution < -0.4 is 10.6 Å². The van der Waals surface area contributed by atoms with Crippen molar-refractivity contribution < 1.29 is 19.8 Å². The number of urea groups is 1. The summed E-state index contributed by atoms with van der Waals surface area (Å²) >= 11 is 0. The Labute approximate surface area is 116 Å². The fraction of sp³-hybridized carbons (Fsp3) is 0.286. The Hall–Kier alpha value is -2.50. The van der Waals surface area contributed by atoms with Gasteiger partial charge in [-0.2, -0.15) is 0 Å². The normalized spacial score (nSPS) is 17.5. The number of phenols is 1. The van der Waals surface area contributed by atoms with Crippen LogP contribution >= 0.6 is 0 Å². The van der Waals surface area contributed by atoms with Crippen molar-refractivity contribution in [3.05, 3.63) is 35.9 Å². The van der Waals surface area contributed by atoms with Crippen LogP contribution in [0.5, 0.6) is 5.75 Å². The van der Waals surface area contributed by atoms with Crippen LogP contribution in [0.3, 0.4) is 0 Å². The summed E-state index contributed by atoms with van der Waals surface area (Å²) < 4.78 is 0. The van der Waals surface area contributed by atoms with Crippen LogP contribution in [0.1, 0.15) is 29.6 Å². The van der Waals surface area contributed by atoms with E-state index in [0.717, 1.165) is 19.3 Å². The monoisotopic (exact) mass is 276 g/mol. The second-order valence-electron chi connectivity index (χ2n) is 4.62. The minimum absolute atomic E-state index is 0.104. The molecule has 0 saturated heterocycles. The van der Waals surface area contributed by atoms with Gasteiger partial charge in [0.2, 0.25) is 0 Å². The third kappa shape index (κ3) is 3.50. The molecule has 1 aliphatic rings. The van der Waals surface area contributed by atoms with Gasteiger partial charge in [-0.3, -0.25) is 0 Å². The molecule has 0 bridgehead atoms. The predicted octanol–water partition coefficient (Wildman–Crippen LogP) is 2.32. The number of carbonyl (C=O) groups is 2. The van der Waals surface area contributed by atoms with Gasteiger partial charge in [0.05, 0.1) is 0 Å². The molecule has 1 atom stereocenters. The first-order chi connectivity index (χ1) is 9.56. The molecule has 2 amide bonds. The van der Waals surface area contributed by atoms with Crippen molar-refractivity contribution in [2.24, 2.45) is 0 Å². The smallest absolute Gasteiger partial charge is 0.339 e. The number of carboxylic acids is 1. The number of carboxylic acid groups (broad SMARTS) is 1. The molecule has 1 aromatic rings. The second-order valence-corrected chi connectivity index (χ2v) is 4.62. The van der Waals surface area contributed by atoms with Crippen molar-refractivity contribution in [2.45, 2.75) is 25.3 Å². The Kier molecular flexibility index (Phi) is 4.24. The lowest BCUT2D eigenvalue weighted by Gasteiger charge is -2.19. The van der Waals surface area contributed by atoms with Crippen LogP contribution in [0.25, 0.3) is 0 Å². The standard InChI is InChI=1S/C14H16N2O4/c17-12-8-10(6-7-11(12)13(18)19)16-14(20)15-9-4-2-1-3-5-9/h1-2,6-9,17H,3-5H2,(H,18,19)(H2,15,16,20).